The van der Waals surface area contributed by atoms with Gasteiger partial charge in [-0.05, 0) is 146 Å². The van der Waals surface area contributed by atoms with E-state index in [-0.39, 0.29) is 5.41 Å². The lowest BCUT2D eigenvalue weighted by atomic mass is 9.65. The number of fused-ring (bicyclic) bond motifs is 9. The summed E-state index contributed by atoms with van der Waals surface area (Å²) in [6.45, 7) is 6.99. The van der Waals surface area contributed by atoms with Gasteiger partial charge in [-0.3, -0.25) is 4.98 Å². The first-order valence-corrected chi connectivity index (χ1v) is 24.0. The van der Waals surface area contributed by atoms with Crippen molar-refractivity contribution in [2.75, 3.05) is 9.80 Å². The van der Waals surface area contributed by atoms with Gasteiger partial charge in [0.05, 0.1) is 11.1 Å². The number of hydrogen-bond donors (Lipinski definition) is 0. The van der Waals surface area contributed by atoms with Crippen LogP contribution in [0, 0.1) is 6.92 Å². The molecule has 0 fully saturated rings. The van der Waals surface area contributed by atoms with Crippen LogP contribution in [-0.4, -0.2) is 4.98 Å². The van der Waals surface area contributed by atoms with E-state index in [1.54, 1.807) is 0 Å². The summed E-state index contributed by atoms with van der Waals surface area (Å²) >= 11 is 0. The van der Waals surface area contributed by atoms with Crippen LogP contribution in [0.4, 0.5) is 34.1 Å². The molecule has 2 aliphatic rings. The number of aromatic nitrogens is 1. The van der Waals surface area contributed by atoms with E-state index in [0.717, 1.165) is 34.1 Å². The Morgan fingerprint density at radius 1 is 0.377 bits per heavy atom. The van der Waals surface area contributed by atoms with E-state index in [4.69, 9.17) is 4.98 Å². The van der Waals surface area contributed by atoms with Crippen LogP contribution in [0.5, 0.6) is 0 Å². The van der Waals surface area contributed by atoms with Crippen molar-refractivity contribution in [1.29, 1.82) is 0 Å². The highest BCUT2D eigenvalue weighted by Crippen LogP contribution is 2.66. The maximum absolute atomic E-state index is 4.89. The Bertz CT molecular complexity index is 3770. The van der Waals surface area contributed by atoms with Gasteiger partial charge in [-0.1, -0.05) is 177 Å². The van der Waals surface area contributed by atoms with Gasteiger partial charge in [0.1, 0.15) is 0 Å². The lowest BCUT2D eigenvalue weighted by molar-refractivity contribution is 0.658. The van der Waals surface area contributed by atoms with Gasteiger partial charge in [0.2, 0.25) is 0 Å². The minimum absolute atomic E-state index is 0.334. The van der Waals surface area contributed by atoms with Gasteiger partial charge >= 0.3 is 0 Å². The standard InChI is InChI=1S/C66H49N3/c1-44-27-31-50(32-28-44)66(49-21-7-4-8-22-49)59-41-55(68(51-23-9-5-10-24-51)53-33-29-45-17-13-15-19-47(45)39-53)35-36-56(59)63-61(42-60-62(64(63)66)57-43-67-38-37-58(57)65(60,2)3)69(52-25-11-6-12-26-52)54-34-30-46-18-14-16-20-48(46)40-54/h4-43H,1-3H3. The number of pyridine rings is 1. The molecule has 0 radical (unpaired) electrons. The number of aryl methyl sites for hydroxylation is 1. The topological polar surface area (TPSA) is 19.4 Å². The number of anilines is 6. The lowest BCUT2D eigenvalue weighted by Crippen LogP contribution is -2.30. The highest BCUT2D eigenvalue weighted by Gasteiger charge is 2.53. The van der Waals surface area contributed by atoms with Crippen molar-refractivity contribution >= 4 is 55.7 Å². The van der Waals surface area contributed by atoms with E-state index in [2.05, 4.69) is 267 Å². The highest BCUT2D eigenvalue weighted by atomic mass is 15.2. The highest BCUT2D eigenvalue weighted by molar-refractivity contribution is 6.05. The predicted molar refractivity (Wildman–Crippen MR) is 288 cm³/mol. The molecule has 1 atom stereocenters. The molecular formula is C66H49N3. The van der Waals surface area contributed by atoms with Crippen molar-refractivity contribution in [2.24, 2.45) is 0 Å². The number of benzene rings is 10. The summed E-state index contributed by atoms with van der Waals surface area (Å²) in [5.41, 5.74) is 19.2. The van der Waals surface area contributed by atoms with Crippen LogP contribution in [0.2, 0.25) is 0 Å². The van der Waals surface area contributed by atoms with Crippen molar-refractivity contribution in [2.45, 2.75) is 31.6 Å². The lowest BCUT2D eigenvalue weighted by Gasteiger charge is -2.37. The fourth-order valence-corrected chi connectivity index (χ4v) is 11.8. The Labute approximate surface area is 404 Å². The fraction of sp³-hybridized carbons (Fsp3) is 0.0758. The van der Waals surface area contributed by atoms with Crippen LogP contribution in [0.15, 0.2) is 243 Å². The fourth-order valence-electron chi connectivity index (χ4n) is 11.8. The van der Waals surface area contributed by atoms with E-state index in [0.29, 0.717) is 0 Å². The summed E-state index contributed by atoms with van der Waals surface area (Å²) in [6.07, 6.45) is 4.09. The third-order valence-electron chi connectivity index (χ3n) is 15.0. The normalized spacial score (nSPS) is 15.1. The number of nitrogens with zero attached hydrogens (tertiary/aromatic N) is 3. The molecule has 0 aliphatic heterocycles. The van der Waals surface area contributed by atoms with E-state index in [1.807, 2.05) is 6.20 Å². The molecule has 69 heavy (non-hydrogen) atoms. The summed E-state index contributed by atoms with van der Waals surface area (Å²) in [4.78, 5) is 9.84. The summed E-state index contributed by atoms with van der Waals surface area (Å²) in [5, 5.41) is 4.83. The van der Waals surface area contributed by atoms with Gasteiger partial charge in [-0.15, -0.1) is 0 Å². The van der Waals surface area contributed by atoms with Crippen molar-refractivity contribution in [3.8, 4) is 22.3 Å². The minimum Gasteiger partial charge on any atom is -0.310 e. The molecule has 0 bridgehead atoms. The molecule has 1 unspecified atom stereocenters. The molecule has 3 nitrogen and oxygen atoms in total. The molecule has 0 amide bonds. The van der Waals surface area contributed by atoms with E-state index < -0.39 is 5.41 Å². The molecule has 10 aromatic carbocycles. The van der Waals surface area contributed by atoms with E-state index >= 15 is 0 Å². The molecule has 0 spiro atoms. The van der Waals surface area contributed by atoms with Crippen molar-refractivity contribution in [3.05, 3.63) is 282 Å². The van der Waals surface area contributed by atoms with Gasteiger partial charge in [0.25, 0.3) is 0 Å². The van der Waals surface area contributed by atoms with Crippen LogP contribution < -0.4 is 9.80 Å². The Morgan fingerprint density at radius 2 is 0.899 bits per heavy atom. The van der Waals surface area contributed by atoms with Gasteiger partial charge in [0.15, 0.2) is 0 Å². The molecule has 328 valence electrons. The monoisotopic (exact) mass is 883 g/mol. The number of hydrogen-bond acceptors (Lipinski definition) is 3. The molecule has 3 heteroatoms. The van der Waals surface area contributed by atoms with Crippen LogP contribution >= 0.6 is 0 Å². The second-order valence-corrected chi connectivity index (χ2v) is 19.2. The van der Waals surface area contributed by atoms with Crippen LogP contribution in [0.1, 0.15) is 52.8 Å². The third-order valence-corrected chi connectivity index (χ3v) is 15.0. The largest absolute Gasteiger partial charge is 0.310 e. The maximum atomic E-state index is 4.89. The first-order valence-electron chi connectivity index (χ1n) is 24.0. The molecule has 1 aromatic heterocycles. The average Bonchev–Trinajstić information content (AvgIpc) is 3.83. The Hall–Kier alpha value is -8.53. The van der Waals surface area contributed by atoms with Gasteiger partial charge in [-0.2, -0.15) is 0 Å². The molecule has 0 saturated carbocycles. The molecule has 0 N–H and O–H groups in total. The zero-order valence-electron chi connectivity index (χ0n) is 38.9. The second-order valence-electron chi connectivity index (χ2n) is 19.2. The van der Waals surface area contributed by atoms with Crippen LogP contribution in [0.25, 0.3) is 43.8 Å². The van der Waals surface area contributed by atoms with Gasteiger partial charge in [-0.25, -0.2) is 0 Å². The Kier molecular flexibility index (Phi) is 9.32. The van der Waals surface area contributed by atoms with Crippen molar-refractivity contribution in [1.82, 2.24) is 4.98 Å². The zero-order valence-corrected chi connectivity index (χ0v) is 38.9. The van der Waals surface area contributed by atoms with Crippen molar-refractivity contribution in [3.63, 3.8) is 0 Å². The minimum atomic E-state index is -0.763. The summed E-state index contributed by atoms with van der Waals surface area (Å²) in [7, 11) is 0. The van der Waals surface area contributed by atoms with Gasteiger partial charge < -0.3 is 9.80 Å². The maximum Gasteiger partial charge on any atom is 0.0721 e. The molecule has 11 aromatic rings. The second kappa shape index (κ2) is 15.8. The zero-order chi connectivity index (χ0) is 46.3. The summed E-state index contributed by atoms with van der Waals surface area (Å²) in [6, 6.07) is 85.5. The van der Waals surface area contributed by atoms with Crippen molar-refractivity contribution < 1.29 is 0 Å². The molecule has 0 saturated heterocycles. The smallest absolute Gasteiger partial charge is 0.0721 e. The van der Waals surface area contributed by atoms with E-state index in [9.17, 15) is 0 Å². The number of para-hydroxylation sites is 2. The molecule has 2 aliphatic carbocycles. The first-order chi connectivity index (χ1) is 33.9. The summed E-state index contributed by atoms with van der Waals surface area (Å²) < 4.78 is 0. The van der Waals surface area contributed by atoms with Crippen LogP contribution in [-0.2, 0) is 10.8 Å². The Morgan fingerprint density at radius 3 is 1.54 bits per heavy atom. The van der Waals surface area contributed by atoms with Gasteiger partial charge in [0, 0.05) is 57.4 Å². The van der Waals surface area contributed by atoms with Crippen LogP contribution in [0.3, 0.4) is 0 Å². The predicted octanol–water partition coefficient (Wildman–Crippen LogP) is 17.3. The molecular weight excluding hydrogens is 835 g/mol. The quantitative estimate of drug-likeness (QED) is 0.152. The Balaban J connectivity index is 1.20. The molecule has 1 heterocycles. The third kappa shape index (κ3) is 6.24. The number of rotatable bonds is 8. The van der Waals surface area contributed by atoms with E-state index in [1.165, 1.54) is 82.7 Å². The first kappa shape index (κ1) is 40.7. The average molecular weight is 884 g/mol. The SMILES string of the molecule is Cc1ccc(C2(c3ccccc3)c3cc(N(c4ccccc4)c4ccc5ccccc5c4)ccc3-c3c(N(c4ccccc4)c4ccc5ccccc5c4)cc4c(c32)-c2cnccc2C4(C)C)cc1. The molecule has 13 rings (SSSR count). The summed E-state index contributed by atoms with van der Waals surface area (Å²) in [5.74, 6) is 0.